The molecule has 3 rings (SSSR count). The third-order valence-electron chi connectivity index (χ3n) is 5.27. The largest absolute Gasteiger partial charge is 0.491 e. The summed E-state index contributed by atoms with van der Waals surface area (Å²) in [6, 6.07) is 11.1. The Morgan fingerprint density at radius 3 is 2.31 bits per heavy atom. The first kappa shape index (κ1) is 23.3. The highest BCUT2D eigenvalue weighted by Crippen LogP contribution is 2.28. The summed E-state index contributed by atoms with van der Waals surface area (Å²) >= 11 is 0. The summed E-state index contributed by atoms with van der Waals surface area (Å²) in [6.45, 7) is 9.55. The summed E-state index contributed by atoms with van der Waals surface area (Å²) in [5, 5.41) is 2.81. The molecule has 7 nitrogen and oxygen atoms in total. The van der Waals surface area contributed by atoms with Crippen molar-refractivity contribution in [3.05, 3.63) is 53.1 Å². The van der Waals surface area contributed by atoms with Crippen LogP contribution >= 0.6 is 0 Å². The Morgan fingerprint density at radius 1 is 1.09 bits per heavy atom. The van der Waals surface area contributed by atoms with E-state index < -0.39 is 24.4 Å². The van der Waals surface area contributed by atoms with Crippen molar-refractivity contribution in [1.82, 2.24) is 0 Å². The molecule has 1 atom stereocenters. The van der Waals surface area contributed by atoms with Gasteiger partial charge in [0.1, 0.15) is 5.75 Å². The van der Waals surface area contributed by atoms with Crippen molar-refractivity contribution in [1.29, 1.82) is 0 Å². The van der Waals surface area contributed by atoms with Gasteiger partial charge in [0, 0.05) is 24.3 Å². The molecule has 0 aromatic heterocycles. The molecule has 1 heterocycles. The number of esters is 1. The lowest BCUT2D eigenvalue weighted by molar-refractivity contribution is -0.151. The van der Waals surface area contributed by atoms with Gasteiger partial charge < -0.3 is 19.7 Å². The molecule has 1 fully saturated rings. The van der Waals surface area contributed by atoms with Crippen LogP contribution in [0.15, 0.2) is 36.4 Å². The van der Waals surface area contributed by atoms with E-state index in [1.165, 1.54) is 0 Å². The number of carbonyl (C=O) groups is 3. The van der Waals surface area contributed by atoms with Crippen molar-refractivity contribution in [2.24, 2.45) is 5.92 Å². The number of nitrogens with zero attached hydrogens (tertiary/aromatic N) is 1. The monoisotopic (exact) mass is 438 g/mol. The van der Waals surface area contributed by atoms with Crippen molar-refractivity contribution in [3.8, 4) is 5.75 Å². The molecular weight excluding hydrogens is 408 g/mol. The highest BCUT2D eigenvalue weighted by molar-refractivity contribution is 6.00. The summed E-state index contributed by atoms with van der Waals surface area (Å²) in [4.78, 5) is 38.8. The lowest BCUT2D eigenvalue weighted by atomic mass is 10.1. The molecule has 0 saturated carbocycles. The van der Waals surface area contributed by atoms with E-state index in [1.807, 2.05) is 46.8 Å². The van der Waals surface area contributed by atoms with E-state index in [2.05, 4.69) is 5.32 Å². The average Bonchev–Trinajstić information content (AvgIpc) is 3.11. The summed E-state index contributed by atoms with van der Waals surface area (Å²) in [5.41, 5.74) is 4.43. The van der Waals surface area contributed by atoms with Crippen molar-refractivity contribution < 1.29 is 23.9 Å². The zero-order valence-electron chi connectivity index (χ0n) is 19.2. The second-order valence-corrected chi connectivity index (χ2v) is 8.50. The van der Waals surface area contributed by atoms with Gasteiger partial charge in [0.15, 0.2) is 6.61 Å². The fraction of sp³-hybridized carbons (Fsp3) is 0.400. The zero-order valence-corrected chi connectivity index (χ0v) is 19.2. The van der Waals surface area contributed by atoms with Crippen LogP contribution in [0.3, 0.4) is 0 Å². The van der Waals surface area contributed by atoms with Gasteiger partial charge in [-0.25, -0.2) is 0 Å². The molecule has 170 valence electrons. The third-order valence-corrected chi connectivity index (χ3v) is 5.27. The molecule has 1 aliphatic heterocycles. The van der Waals surface area contributed by atoms with Crippen LogP contribution in [0.1, 0.15) is 37.0 Å². The molecule has 2 aromatic carbocycles. The van der Waals surface area contributed by atoms with Crippen molar-refractivity contribution in [2.75, 3.05) is 23.4 Å². The summed E-state index contributed by atoms with van der Waals surface area (Å²) < 4.78 is 10.8. The molecule has 0 spiro atoms. The van der Waals surface area contributed by atoms with Crippen LogP contribution in [0, 0.1) is 26.7 Å². The van der Waals surface area contributed by atoms with Crippen molar-refractivity contribution >= 4 is 29.2 Å². The van der Waals surface area contributed by atoms with E-state index in [-0.39, 0.29) is 25.0 Å². The van der Waals surface area contributed by atoms with Crippen LogP contribution in [0.4, 0.5) is 11.4 Å². The van der Waals surface area contributed by atoms with Gasteiger partial charge in [0.25, 0.3) is 5.91 Å². The summed E-state index contributed by atoms with van der Waals surface area (Å²) in [7, 11) is 0. The first-order valence-electron chi connectivity index (χ1n) is 10.8. The number of carbonyl (C=O) groups excluding carboxylic acids is 3. The fourth-order valence-electron chi connectivity index (χ4n) is 3.90. The van der Waals surface area contributed by atoms with E-state index >= 15 is 0 Å². The van der Waals surface area contributed by atoms with Crippen LogP contribution in [-0.4, -0.2) is 37.0 Å². The van der Waals surface area contributed by atoms with Crippen LogP contribution in [0.25, 0.3) is 0 Å². The molecule has 1 saturated heterocycles. The Balaban J connectivity index is 1.54. The molecule has 0 unspecified atom stereocenters. The van der Waals surface area contributed by atoms with Crippen molar-refractivity contribution in [3.63, 3.8) is 0 Å². The summed E-state index contributed by atoms with van der Waals surface area (Å²) in [6.07, 6.45) is 0.116. The lowest BCUT2D eigenvalue weighted by Gasteiger charge is -2.18. The van der Waals surface area contributed by atoms with E-state index in [9.17, 15) is 14.4 Å². The molecule has 1 aliphatic rings. The highest BCUT2D eigenvalue weighted by atomic mass is 16.5. The molecule has 0 bridgehead atoms. The predicted molar refractivity (Wildman–Crippen MR) is 123 cm³/mol. The van der Waals surface area contributed by atoms with Gasteiger partial charge in [0.2, 0.25) is 5.91 Å². The number of hydrogen-bond acceptors (Lipinski definition) is 5. The third kappa shape index (κ3) is 5.66. The number of ether oxygens (including phenoxy) is 2. The Morgan fingerprint density at radius 2 is 1.72 bits per heavy atom. The number of aryl methyl sites for hydroxylation is 3. The van der Waals surface area contributed by atoms with Gasteiger partial charge in [0.05, 0.1) is 12.0 Å². The molecule has 0 radical (unpaired) electrons. The molecule has 32 heavy (non-hydrogen) atoms. The van der Waals surface area contributed by atoms with E-state index in [1.54, 1.807) is 29.2 Å². The Bertz CT molecular complexity index is 990. The topological polar surface area (TPSA) is 84.9 Å². The maximum atomic E-state index is 12.5. The number of benzene rings is 2. The minimum Gasteiger partial charge on any atom is -0.491 e. The van der Waals surface area contributed by atoms with Crippen molar-refractivity contribution in [2.45, 2.75) is 47.1 Å². The van der Waals surface area contributed by atoms with Gasteiger partial charge >= 0.3 is 5.97 Å². The van der Waals surface area contributed by atoms with Crippen LogP contribution in [0.2, 0.25) is 0 Å². The number of anilines is 2. The number of rotatable bonds is 7. The Kier molecular flexibility index (Phi) is 7.18. The molecule has 7 heteroatoms. The normalized spacial score (nSPS) is 15.8. The zero-order chi connectivity index (χ0) is 23.4. The van der Waals surface area contributed by atoms with Gasteiger partial charge in [-0.05, 0) is 70.0 Å². The molecule has 0 aliphatic carbocycles. The summed E-state index contributed by atoms with van der Waals surface area (Å²) in [5.74, 6) is -0.996. The Hall–Kier alpha value is -3.35. The fourth-order valence-corrected chi connectivity index (χ4v) is 3.90. The standard InChI is InChI=1S/C25H30N2O5/c1-15(2)32-21-8-6-20(7-9-21)27-13-19(12-23(27)29)25(30)31-14-22(28)26-24-17(4)10-16(3)11-18(24)5/h6-11,15,19H,12-14H2,1-5H3,(H,26,28)/t19-/m0/s1. The van der Waals surface area contributed by atoms with Gasteiger partial charge in [-0.2, -0.15) is 0 Å². The van der Waals surface area contributed by atoms with Crippen LogP contribution in [0.5, 0.6) is 5.75 Å². The second kappa shape index (κ2) is 9.85. The maximum absolute atomic E-state index is 12.5. The number of nitrogens with one attached hydrogen (secondary N) is 1. The predicted octanol–water partition coefficient (Wildman–Crippen LogP) is 3.93. The SMILES string of the molecule is Cc1cc(C)c(NC(=O)COC(=O)[C@H]2CC(=O)N(c3ccc(OC(C)C)cc3)C2)c(C)c1. The van der Waals surface area contributed by atoms with Gasteiger partial charge in [-0.3, -0.25) is 14.4 Å². The second-order valence-electron chi connectivity index (χ2n) is 8.50. The highest BCUT2D eigenvalue weighted by Gasteiger charge is 2.36. The molecule has 2 amide bonds. The average molecular weight is 439 g/mol. The Labute approximate surface area is 188 Å². The first-order valence-corrected chi connectivity index (χ1v) is 10.8. The molecular formula is C25H30N2O5. The van der Waals surface area contributed by atoms with Crippen LogP contribution < -0.4 is 15.0 Å². The van der Waals surface area contributed by atoms with Gasteiger partial charge in [-0.15, -0.1) is 0 Å². The molecule has 2 aromatic rings. The lowest BCUT2D eigenvalue weighted by Crippen LogP contribution is -2.28. The minimum atomic E-state index is -0.607. The van der Waals surface area contributed by atoms with E-state index in [0.29, 0.717) is 5.69 Å². The smallest absolute Gasteiger partial charge is 0.311 e. The quantitative estimate of drug-likeness (QED) is 0.662. The first-order chi connectivity index (χ1) is 15.1. The maximum Gasteiger partial charge on any atom is 0.311 e. The number of hydrogen-bond donors (Lipinski definition) is 1. The molecule has 1 N–H and O–H groups in total. The van der Waals surface area contributed by atoms with E-state index in [0.717, 1.165) is 28.1 Å². The van der Waals surface area contributed by atoms with E-state index in [4.69, 9.17) is 9.47 Å². The minimum absolute atomic E-state index is 0.0564. The number of amides is 2. The van der Waals surface area contributed by atoms with Gasteiger partial charge in [-0.1, -0.05) is 17.7 Å². The van der Waals surface area contributed by atoms with Crippen LogP contribution in [-0.2, 0) is 19.1 Å².